The third-order valence-electron chi connectivity index (χ3n) is 2.35. The summed E-state index contributed by atoms with van der Waals surface area (Å²) in [6.07, 6.45) is 1.69. The Morgan fingerprint density at radius 2 is 2.28 bits per heavy atom. The molecule has 0 fully saturated rings. The molecule has 0 aromatic heterocycles. The number of halogens is 1. The van der Waals surface area contributed by atoms with Crippen molar-refractivity contribution in [3.63, 3.8) is 0 Å². The van der Waals surface area contributed by atoms with E-state index in [2.05, 4.69) is 22.5 Å². The summed E-state index contributed by atoms with van der Waals surface area (Å²) in [6, 6.07) is 3.94. The van der Waals surface area contributed by atoms with E-state index in [0.717, 1.165) is 16.6 Å². The minimum Gasteiger partial charge on any atom is -0.493 e. The first-order valence-corrected chi connectivity index (χ1v) is 6.54. The minimum atomic E-state index is 0.179. The highest BCUT2D eigenvalue weighted by atomic mass is 79.9. The zero-order valence-corrected chi connectivity index (χ0v) is 12.1. The molecule has 0 aliphatic heterocycles. The van der Waals surface area contributed by atoms with Crippen molar-refractivity contribution in [3.05, 3.63) is 34.8 Å². The molecule has 1 rings (SSSR count). The fraction of sp³-hybridized carbons (Fsp3) is 0.385. The number of hydrogen-bond donors (Lipinski definition) is 2. The highest BCUT2D eigenvalue weighted by Crippen LogP contribution is 2.36. The Morgan fingerprint density at radius 1 is 1.50 bits per heavy atom. The molecular weight excluding hydrogens is 298 g/mol. The van der Waals surface area contributed by atoms with Gasteiger partial charge < -0.3 is 19.9 Å². The number of aliphatic hydroxyl groups is 1. The van der Waals surface area contributed by atoms with Gasteiger partial charge in [-0.2, -0.15) is 0 Å². The van der Waals surface area contributed by atoms with Crippen LogP contribution in [0, 0.1) is 0 Å². The second-order valence-corrected chi connectivity index (χ2v) is 4.57. The Labute approximate surface area is 116 Å². The summed E-state index contributed by atoms with van der Waals surface area (Å²) < 4.78 is 11.7. The molecule has 0 bridgehead atoms. The van der Waals surface area contributed by atoms with E-state index in [0.29, 0.717) is 24.7 Å². The van der Waals surface area contributed by atoms with Crippen LogP contribution < -0.4 is 14.8 Å². The molecule has 5 heteroatoms. The molecule has 100 valence electrons. The third-order valence-corrected chi connectivity index (χ3v) is 2.94. The van der Waals surface area contributed by atoms with Gasteiger partial charge in [-0.05, 0) is 28.1 Å². The van der Waals surface area contributed by atoms with E-state index >= 15 is 0 Å². The number of rotatable bonds is 8. The van der Waals surface area contributed by atoms with Crippen LogP contribution >= 0.6 is 15.9 Å². The fourth-order valence-corrected chi connectivity index (χ4v) is 2.14. The highest BCUT2D eigenvalue weighted by molar-refractivity contribution is 9.10. The lowest BCUT2D eigenvalue weighted by Gasteiger charge is -2.13. The lowest BCUT2D eigenvalue weighted by atomic mass is 10.2. The molecule has 0 unspecified atom stereocenters. The van der Waals surface area contributed by atoms with Gasteiger partial charge >= 0.3 is 0 Å². The van der Waals surface area contributed by atoms with Gasteiger partial charge in [-0.1, -0.05) is 12.7 Å². The number of hydrogen-bond acceptors (Lipinski definition) is 3. The monoisotopic (exact) mass is 316 g/mol. The molecular formula is C13H19BrNO3+. The number of methoxy groups -OCH3 is 1. The van der Waals surface area contributed by atoms with Crippen molar-refractivity contribution in [2.24, 2.45) is 0 Å². The van der Waals surface area contributed by atoms with Crippen LogP contribution in [0.4, 0.5) is 0 Å². The summed E-state index contributed by atoms with van der Waals surface area (Å²) in [5.74, 6) is 1.38. The van der Waals surface area contributed by atoms with E-state index in [9.17, 15) is 0 Å². The second-order valence-electron chi connectivity index (χ2n) is 3.71. The van der Waals surface area contributed by atoms with Gasteiger partial charge in [0.05, 0.1) is 24.7 Å². The Morgan fingerprint density at radius 3 is 2.89 bits per heavy atom. The van der Waals surface area contributed by atoms with Gasteiger partial charge in [0.25, 0.3) is 0 Å². The van der Waals surface area contributed by atoms with Crippen molar-refractivity contribution in [2.75, 3.05) is 26.9 Å². The topological polar surface area (TPSA) is 55.3 Å². The molecule has 4 nitrogen and oxygen atoms in total. The van der Waals surface area contributed by atoms with E-state index in [1.807, 2.05) is 17.4 Å². The summed E-state index contributed by atoms with van der Waals surface area (Å²) in [5, 5.41) is 10.8. The molecule has 1 aromatic carbocycles. The molecule has 0 spiro atoms. The van der Waals surface area contributed by atoms with E-state index in [1.54, 1.807) is 13.2 Å². The quantitative estimate of drug-likeness (QED) is 0.557. The van der Waals surface area contributed by atoms with Crippen LogP contribution in [0.1, 0.15) is 5.56 Å². The molecule has 18 heavy (non-hydrogen) atoms. The molecule has 1 aromatic rings. The fourth-order valence-electron chi connectivity index (χ4n) is 1.53. The van der Waals surface area contributed by atoms with Gasteiger partial charge in [0.1, 0.15) is 13.2 Å². The molecule has 0 radical (unpaired) electrons. The summed E-state index contributed by atoms with van der Waals surface area (Å²) in [4.78, 5) is 0. The van der Waals surface area contributed by atoms with Gasteiger partial charge in [0.2, 0.25) is 0 Å². The predicted molar refractivity (Wildman–Crippen MR) is 74.0 cm³/mol. The zero-order chi connectivity index (χ0) is 13.4. The number of quaternary nitrogens is 1. The number of nitrogens with two attached hydrogens (primary N) is 1. The Hall–Kier alpha value is -1.04. The molecule has 0 aliphatic rings. The normalized spacial score (nSPS) is 10.2. The van der Waals surface area contributed by atoms with Gasteiger partial charge in [-0.3, -0.25) is 0 Å². The first kappa shape index (κ1) is 15.0. The van der Waals surface area contributed by atoms with Crippen LogP contribution in [0.15, 0.2) is 29.3 Å². The Balaban J connectivity index is 2.84. The number of benzene rings is 1. The number of aliphatic hydroxyl groups excluding tert-OH is 1. The molecule has 0 saturated carbocycles. The second kappa shape index (κ2) is 8.13. The average molecular weight is 317 g/mol. The van der Waals surface area contributed by atoms with Crippen LogP contribution in [0.2, 0.25) is 0 Å². The Bertz CT molecular complexity index is 396. The lowest BCUT2D eigenvalue weighted by molar-refractivity contribution is -0.671. The maximum atomic E-state index is 8.75. The summed E-state index contributed by atoms with van der Waals surface area (Å²) in [6.45, 7) is 5.71. The van der Waals surface area contributed by atoms with Crippen molar-refractivity contribution in [1.29, 1.82) is 0 Å². The first-order valence-electron chi connectivity index (χ1n) is 5.75. The van der Waals surface area contributed by atoms with E-state index in [1.165, 1.54) is 0 Å². The zero-order valence-electron chi connectivity index (χ0n) is 10.5. The first-order chi connectivity index (χ1) is 8.72. The van der Waals surface area contributed by atoms with Crippen molar-refractivity contribution < 1.29 is 19.9 Å². The van der Waals surface area contributed by atoms with E-state index < -0.39 is 0 Å². The maximum Gasteiger partial charge on any atom is 0.175 e. The van der Waals surface area contributed by atoms with E-state index in [4.69, 9.17) is 14.6 Å². The van der Waals surface area contributed by atoms with Crippen LogP contribution in [-0.4, -0.2) is 32.0 Å². The third kappa shape index (κ3) is 4.33. The SMILES string of the molecule is C=CCOc1c(Br)cc(C[NH2+]CCO)cc1OC. The predicted octanol–water partition coefficient (Wildman–Crippen LogP) is 1.08. The maximum absolute atomic E-state index is 8.75. The van der Waals surface area contributed by atoms with Gasteiger partial charge in [-0.25, -0.2) is 0 Å². The molecule has 3 N–H and O–H groups in total. The van der Waals surface area contributed by atoms with E-state index in [-0.39, 0.29) is 6.61 Å². The van der Waals surface area contributed by atoms with Gasteiger partial charge in [0.15, 0.2) is 11.5 Å². The van der Waals surface area contributed by atoms with Crippen molar-refractivity contribution in [3.8, 4) is 11.5 Å². The van der Waals surface area contributed by atoms with Crippen LogP contribution in [0.5, 0.6) is 11.5 Å². The standard InChI is InChI=1S/C13H18BrNO3/c1-3-6-18-13-11(14)7-10(8-12(13)17-2)9-15-4-5-16/h3,7-8,15-16H,1,4-6,9H2,2H3/p+1. The van der Waals surface area contributed by atoms with Crippen LogP contribution in [-0.2, 0) is 6.54 Å². The molecule has 0 atom stereocenters. The minimum absolute atomic E-state index is 0.179. The summed E-state index contributed by atoms with van der Waals surface area (Å²) in [5.41, 5.74) is 1.11. The van der Waals surface area contributed by atoms with Crippen molar-refractivity contribution in [2.45, 2.75) is 6.54 Å². The smallest absolute Gasteiger partial charge is 0.175 e. The van der Waals surface area contributed by atoms with Crippen molar-refractivity contribution >= 4 is 15.9 Å². The van der Waals surface area contributed by atoms with Crippen LogP contribution in [0.25, 0.3) is 0 Å². The largest absolute Gasteiger partial charge is 0.493 e. The average Bonchev–Trinajstić information content (AvgIpc) is 2.37. The Kier molecular flexibility index (Phi) is 6.78. The van der Waals surface area contributed by atoms with Gasteiger partial charge in [-0.15, -0.1) is 0 Å². The summed E-state index contributed by atoms with van der Waals surface area (Å²) in [7, 11) is 1.61. The highest BCUT2D eigenvalue weighted by Gasteiger charge is 2.11. The molecule has 0 amide bonds. The van der Waals surface area contributed by atoms with Crippen LogP contribution in [0.3, 0.4) is 0 Å². The molecule has 0 aliphatic carbocycles. The molecule has 0 saturated heterocycles. The summed E-state index contributed by atoms with van der Waals surface area (Å²) >= 11 is 3.48. The van der Waals surface area contributed by atoms with Crippen molar-refractivity contribution in [1.82, 2.24) is 0 Å². The molecule has 0 heterocycles. The lowest BCUT2D eigenvalue weighted by Crippen LogP contribution is -2.83. The van der Waals surface area contributed by atoms with Gasteiger partial charge in [0, 0.05) is 5.56 Å². The number of ether oxygens (including phenoxy) is 2.